The van der Waals surface area contributed by atoms with Crippen LogP contribution in [0.25, 0.3) is 0 Å². The molecule has 1 saturated heterocycles. The highest BCUT2D eigenvalue weighted by Crippen LogP contribution is 2.09. The summed E-state index contributed by atoms with van der Waals surface area (Å²) < 4.78 is 0. The molecule has 3 nitrogen and oxygen atoms in total. The molecule has 0 aromatic heterocycles. The molecule has 0 aromatic carbocycles. The smallest absolute Gasteiger partial charge is 0.217 e. The van der Waals surface area contributed by atoms with Crippen LogP contribution in [-0.2, 0) is 4.79 Å². The minimum Gasteiger partial charge on any atom is -0.370 e. The minimum atomic E-state index is -0.179. The Bertz CT molecular complexity index is 146. The molecule has 0 aromatic rings. The van der Waals surface area contributed by atoms with Crippen molar-refractivity contribution in [3.05, 3.63) is 0 Å². The first kappa shape index (κ1) is 9.86. The molecule has 0 bridgehead atoms. The van der Waals surface area contributed by atoms with E-state index in [4.69, 9.17) is 5.73 Å². The monoisotopic (exact) mass is 188 g/mol. The van der Waals surface area contributed by atoms with Crippen LogP contribution in [0, 0.1) is 0 Å². The number of carbonyl (C=O) groups is 1. The summed E-state index contributed by atoms with van der Waals surface area (Å²) in [6.07, 6.45) is 1.45. The van der Waals surface area contributed by atoms with Gasteiger partial charge in [-0.3, -0.25) is 4.79 Å². The lowest BCUT2D eigenvalue weighted by Gasteiger charge is -2.25. The number of nitrogens with two attached hydrogens (primary N) is 1. The maximum absolute atomic E-state index is 10.4. The second kappa shape index (κ2) is 5.43. The van der Waals surface area contributed by atoms with E-state index in [1.807, 2.05) is 11.8 Å². The van der Waals surface area contributed by atoms with E-state index in [1.165, 1.54) is 24.6 Å². The first-order valence-electron chi connectivity index (χ1n) is 4.37. The van der Waals surface area contributed by atoms with Crippen molar-refractivity contribution < 1.29 is 4.79 Å². The van der Waals surface area contributed by atoms with Gasteiger partial charge in [-0.15, -0.1) is 0 Å². The van der Waals surface area contributed by atoms with Crippen LogP contribution in [0.2, 0.25) is 0 Å². The molecule has 1 aliphatic heterocycles. The van der Waals surface area contributed by atoms with E-state index in [0.717, 1.165) is 13.0 Å². The summed E-state index contributed by atoms with van der Waals surface area (Å²) in [6.45, 7) is 3.37. The Hall–Kier alpha value is -0.220. The SMILES string of the molecule is NC(=O)CCCN1CCSCC1. The third-order valence-corrected chi connectivity index (χ3v) is 2.94. The zero-order valence-corrected chi connectivity index (χ0v) is 8.11. The highest BCUT2D eigenvalue weighted by molar-refractivity contribution is 7.99. The van der Waals surface area contributed by atoms with Crippen molar-refractivity contribution in [2.24, 2.45) is 5.73 Å². The molecule has 12 heavy (non-hydrogen) atoms. The summed E-state index contributed by atoms with van der Waals surface area (Å²) in [5, 5.41) is 0. The standard InChI is InChI=1S/C8H16N2OS/c9-8(11)2-1-3-10-4-6-12-7-5-10/h1-7H2,(H2,9,11). The van der Waals surface area contributed by atoms with Crippen LogP contribution in [-0.4, -0.2) is 41.9 Å². The topological polar surface area (TPSA) is 46.3 Å². The summed E-state index contributed by atoms with van der Waals surface area (Å²) in [5.41, 5.74) is 5.05. The third-order valence-electron chi connectivity index (χ3n) is 2.00. The molecule has 0 radical (unpaired) electrons. The molecule has 1 heterocycles. The van der Waals surface area contributed by atoms with Crippen molar-refractivity contribution in [3.8, 4) is 0 Å². The lowest BCUT2D eigenvalue weighted by atomic mass is 10.3. The van der Waals surface area contributed by atoms with E-state index in [-0.39, 0.29) is 5.91 Å². The molecule has 0 unspecified atom stereocenters. The van der Waals surface area contributed by atoms with Gasteiger partial charge in [-0.1, -0.05) is 0 Å². The number of amides is 1. The second-order valence-electron chi connectivity index (χ2n) is 3.02. The van der Waals surface area contributed by atoms with Gasteiger partial charge in [0.15, 0.2) is 0 Å². The summed E-state index contributed by atoms with van der Waals surface area (Å²) >= 11 is 2.01. The first-order chi connectivity index (χ1) is 5.79. The molecule has 1 rings (SSSR count). The van der Waals surface area contributed by atoms with E-state index in [1.54, 1.807) is 0 Å². The number of hydrogen-bond acceptors (Lipinski definition) is 3. The summed E-state index contributed by atoms with van der Waals surface area (Å²) in [6, 6.07) is 0. The zero-order valence-electron chi connectivity index (χ0n) is 7.29. The maximum Gasteiger partial charge on any atom is 0.217 e. The summed E-state index contributed by atoms with van der Waals surface area (Å²) in [7, 11) is 0. The van der Waals surface area contributed by atoms with Gasteiger partial charge in [0.2, 0.25) is 5.91 Å². The van der Waals surface area contributed by atoms with E-state index in [0.29, 0.717) is 6.42 Å². The van der Waals surface area contributed by atoms with E-state index >= 15 is 0 Å². The lowest BCUT2D eigenvalue weighted by molar-refractivity contribution is -0.118. The first-order valence-corrected chi connectivity index (χ1v) is 5.53. The van der Waals surface area contributed by atoms with Crippen LogP contribution in [0.3, 0.4) is 0 Å². The van der Waals surface area contributed by atoms with Crippen LogP contribution in [0.5, 0.6) is 0 Å². The van der Waals surface area contributed by atoms with Gasteiger partial charge in [-0.25, -0.2) is 0 Å². The van der Waals surface area contributed by atoms with Gasteiger partial charge < -0.3 is 10.6 Å². The lowest BCUT2D eigenvalue weighted by Crippen LogP contribution is -2.33. The van der Waals surface area contributed by atoms with Gasteiger partial charge in [0.25, 0.3) is 0 Å². The number of nitrogens with zero attached hydrogens (tertiary/aromatic N) is 1. The Morgan fingerprint density at radius 2 is 2.08 bits per heavy atom. The Labute approximate surface area is 77.7 Å². The van der Waals surface area contributed by atoms with Gasteiger partial charge in [0.1, 0.15) is 0 Å². The highest BCUT2D eigenvalue weighted by Gasteiger charge is 2.09. The number of rotatable bonds is 4. The number of thioether (sulfide) groups is 1. The Kier molecular flexibility index (Phi) is 4.46. The predicted molar refractivity (Wildman–Crippen MR) is 52.2 cm³/mol. The molecule has 4 heteroatoms. The molecule has 0 spiro atoms. The fourth-order valence-electron chi connectivity index (χ4n) is 1.30. The number of primary amides is 1. The largest absolute Gasteiger partial charge is 0.370 e. The average Bonchev–Trinajstić information content (AvgIpc) is 2.05. The number of hydrogen-bond donors (Lipinski definition) is 1. The Balaban J connectivity index is 2.01. The van der Waals surface area contributed by atoms with Crippen molar-refractivity contribution in [3.63, 3.8) is 0 Å². The summed E-state index contributed by atoms with van der Waals surface area (Å²) in [5.74, 6) is 2.29. The van der Waals surface area contributed by atoms with Crippen molar-refractivity contribution >= 4 is 17.7 Å². The molecule has 70 valence electrons. The van der Waals surface area contributed by atoms with Crippen LogP contribution < -0.4 is 5.73 Å². The van der Waals surface area contributed by atoms with Gasteiger partial charge in [0.05, 0.1) is 0 Å². The molecular formula is C8H16N2OS. The van der Waals surface area contributed by atoms with E-state index in [2.05, 4.69) is 4.90 Å². The third kappa shape index (κ3) is 3.97. The fourth-order valence-corrected chi connectivity index (χ4v) is 2.28. The minimum absolute atomic E-state index is 0.179. The molecule has 1 fully saturated rings. The van der Waals surface area contributed by atoms with Crippen LogP contribution >= 0.6 is 11.8 Å². The van der Waals surface area contributed by atoms with Gasteiger partial charge in [0, 0.05) is 31.0 Å². The fraction of sp³-hybridized carbons (Fsp3) is 0.875. The number of carbonyl (C=O) groups excluding carboxylic acids is 1. The molecule has 1 aliphatic rings. The van der Waals surface area contributed by atoms with Crippen molar-refractivity contribution in [2.45, 2.75) is 12.8 Å². The van der Waals surface area contributed by atoms with Crippen molar-refractivity contribution in [1.82, 2.24) is 4.90 Å². The van der Waals surface area contributed by atoms with E-state index in [9.17, 15) is 4.79 Å². The summed E-state index contributed by atoms with van der Waals surface area (Å²) in [4.78, 5) is 12.8. The van der Waals surface area contributed by atoms with Crippen LogP contribution in [0.4, 0.5) is 0 Å². The average molecular weight is 188 g/mol. The molecule has 2 N–H and O–H groups in total. The van der Waals surface area contributed by atoms with Gasteiger partial charge in [-0.05, 0) is 13.0 Å². The Morgan fingerprint density at radius 3 is 2.67 bits per heavy atom. The van der Waals surface area contributed by atoms with Crippen LogP contribution in [0.1, 0.15) is 12.8 Å². The molecule has 0 atom stereocenters. The van der Waals surface area contributed by atoms with Gasteiger partial charge in [-0.2, -0.15) is 11.8 Å². The Morgan fingerprint density at radius 1 is 1.42 bits per heavy atom. The molecule has 0 aliphatic carbocycles. The second-order valence-corrected chi connectivity index (χ2v) is 4.25. The molecular weight excluding hydrogens is 172 g/mol. The zero-order chi connectivity index (χ0) is 8.81. The normalized spacial score (nSPS) is 19.3. The van der Waals surface area contributed by atoms with Gasteiger partial charge >= 0.3 is 0 Å². The molecule has 1 amide bonds. The van der Waals surface area contributed by atoms with Crippen molar-refractivity contribution in [2.75, 3.05) is 31.1 Å². The van der Waals surface area contributed by atoms with Crippen LogP contribution in [0.15, 0.2) is 0 Å². The highest BCUT2D eigenvalue weighted by atomic mass is 32.2. The maximum atomic E-state index is 10.4. The molecule has 0 saturated carbocycles. The predicted octanol–water partition coefficient (Wildman–Crippen LogP) is 0.301. The van der Waals surface area contributed by atoms with E-state index < -0.39 is 0 Å². The quantitative estimate of drug-likeness (QED) is 0.690. The van der Waals surface area contributed by atoms with Crippen molar-refractivity contribution in [1.29, 1.82) is 0 Å².